The van der Waals surface area contributed by atoms with Gasteiger partial charge in [-0.15, -0.1) is 23.2 Å². The van der Waals surface area contributed by atoms with E-state index in [1.165, 1.54) is 12.8 Å². The Morgan fingerprint density at radius 2 is 0.844 bits per heavy atom. The molecule has 8 aliphatic carbocycles. The molecular formula is C26H40Cl2N2O2. The van der Waals surface area contributed by atoms with Crippen LogP contribution in [0.4, 0.5) is 0 Å². The van der Waals surface area contributed by atoms with Gasteiger partial charge in [-0.2, -0.15) is 0 Å². The van der Waals surface area contributed by atoms with E-state index in [0.29, 0.717) is 36.5 Å². The van der Waals surface area contributed by atoms with E-state index in [9.17, 15) is 10.4 Å². The van der Waals surface area contributed by atoms with Crippen molar-refractivity contribution in [1.82, 2.24) is 0 Å². The average molecular weight is 484 g/mol. The van der Waals surface area contributed by atoms with Gasteiger partial charge in [0, 0.05) is 22.6 Å². The van der Waals surface area contributed by atoms with Crippen LogP contribution in [0.15, 0.2) is 0 Å². The first-order valence-corrected chi connectivity index (χ1v) is 14.3. The predicted octanol–water partition coefficient (Wildman–Crippen LogP) is 6.88. The van der Waals surface area contributed by atoms with Crippen LogP contribution in [0.25, 0.3) is 0 Å². The van der Waals surface area contributed by atoms with E-state index in [1.807, 2.05) is 13.8 Å². The van der Waals surface area contributed by atoms with Crippen LogP contribution in [0.5, 0.6) is 0 Å². The quantitative estimate of drug-likeness (QED) is 0.179. The minimum absolute atomic E-state index is 0.376. The molecule has 8 bridgehead atoms. The molecule has 4 nitrogen and oxygen atoms in total. The molecule has 0 spiro atoms. The minimum atomic E-state index is -0.561. The van der Waals surface area contributed by atoms with Crippen molar-refractivity contribution in [3.63, 3.8) is 0 Å². The summed E-state index contributed by atoms with van der Waals surface area (Å²) in [7, 11) is 0. The van der Waals surface area contributed by atoms with Gasteiger partial charge in [0.25, 0.3) is 0 Å². The standard InChI is InChI=1S/C26H40Cl2N2O2/c1-3-23(25(27)19-7-15-5-16(9-19)10-20(25)8-15)29(31)30(32)24(4-2)26(28)21-11-17-6-18(13-21)14-22(26)12-17/h15-24H,3-14H2,1-2H3/b30-29+. The Morgan fingerprint density at radius 3 is 1.06 bits per heavy atom. The number of nitrogens with zero attached hydrogens (tertiary/aromatic N) is 2. The van der Waals surface area contributed by atoms with Crippen LogP contribution in [0, 0.1) is 57.8 Å². The first-order chi connectivity index (χ1) is 15.3. The highest BCUT2D eigenvalue weighted by molar-refractivity contribution is 6.25. The van der Waals surface area contributed by atoms with Crippen molar-refractivity contribution in [2.75, 3.05) is 0 Å². The largest absolute Gasteiger partial charge is 0.567 e. The number of hydrogen-bond donors (Lipinski definition) is 0. The van der Waals surface area contributed by atoms with Gasteiger partial charge in [-0.3, -0.25) is 0 Å². The molecule has 0 aliphatic heterocycles. The van der Waals surface area contributed by atoms with Crippen LogP contribution < -0.4 is 0 Å². The summed E-state index contributed by atoms with van der Waals surface area (Å²) in [6.45, 7) is 4.08. The van der Waals surface area contributed by atoms with E-state index in [0.717, 1.165) is 84.8 Å². The highest BCUT2D eigenvalue weighted by Gasteiger charge is 2.66. The van der Waals surface area contributed by atoms with Gasteiger partial charge in [0.05, 0.1) is 0 Å². The van der Waals surface area contributed by atoms with E-state index in [2.05, 4.69) is 0 Å². The SMILES string of the molecule is CCC(/[N+]([O-])=[N+](\[O-])C(CC)C1(Cl)C2CC3CC(C2)CC1C3)C1(Cl)C2CC3CC(C2)CC1C3. The lowest BCUT2D eigenvalue weighted by molar-refractivity contribution is -1.00. The molecule has 2 unspecified atom stereocenters. The molecule has 0 heterocycles. The van der Waals surface area contributed by atoms with E-state index in [1.54, 1.807) is 0 Å². The van der Waals surface area contributed by atoms with Crippen molar-refractivity contribution >= 4 is 23.2 Å². The zero-order valence-electron chi connectivity index (χ0n) is 19.7. The summed E-state index contributed by atoms with van der Waals surface area (Å²) in [5, 5.41) is 27.7. The first-order valence-electron chi connectivity index (χ1n) is 13.6. The maximum Gasteiger partial charge on any atom is 0.248 e. The molecule has 0 N–H and O–H groups in total. The fourth-order valence-corrected chi connectivity index (χ4v) is 11.6. The lowest BCUT2D eigenvalue weighted by atomic mass is 9.49. The molecular weight excluding hydrogens is 443 g/mol. The van der Waals surface area contributed by atoms with Crippen molar-refractivity contribution < 1.29 is 9.72 Å². The fourth-order valence-electron chi connectivity index (χ4n) is 10.5. The molecule has 0 amide bonds. The van der Waals surface area contributed by atoms with Crippen molar-refractivity contribution in [1.29, 1.82) is 0 Å². The second-order valence-electron chi connectivity index (χ2n) is 12.7. The molecule has 8 fully saturated rings. The van der Waals surface area contributed by atoms with E-state index in [4.69, 9.17) is 23.2 Å². The maximum atomic E-state index is 13.9. The van der Waals surface area contributed by atoms with E-state index < -0.39 is 21.8 Å². The van der Waals surface area contributed by atoms with Crippen LogP contribution in [0.2, 0.25) is 0 Å². The number of halogens is 2. The molecule has 0 aromatic heterocycles. The van der Waals surface area contributed by atoms with Gasteiger partial charge in [-0.25, -0.2) is 0 Å². The van der Waals surface area contributed by atoms with Crippen molar-refractivity contribution in [2.24, 2.45) is 47.3 Å². The lowest BCUT2D eigenvalue weighted by Crippen LogP contribution is -2.65. The number of hydrogen-bond acceptors (Lipinski definition) is 2. The molecule has 6 heteroatoms. The maximum absolute atomic E-state index is 13.9. The molecule has 8 saturated carbocycles. The molecule has 8 rings (SSSR count). The summed E-state index contributed by atoms with van der Waals surface area (Å²) in [4.78, 5) is 0.458. The van der Waals surface area contributed by atoms with E-state index >= 15 is 0 Å². The Bertz CT molecular complexity index is 679. The average Bonchev–Trinajstić information content (AvgIpc) is 2.75. The Hall–Kier alpha value is -0.220. The lowest BCUT2D eigenvalue weighted by Gasteiger charge is -2.59. The zero-order chi connectivity index (χ0) is 22.4. The normalized spacial score (nSPS) is 53.4. The summed E-state index contributed by atoms with van der Waals surface area (Å²) in [6, 6.07) is -0.911. The van der Waals surface area contributed by atoms with Gasteiger partial charge in [-0.05, 0) is 112 Å². The highest BCUT2D eigenvalue weighted by Crippen LogP contribution is 2.64. The van der Waals surface area contributed by atoms with Crippen LogP contribution in [-0.4, -0.2) is 31.6 Å². The summed E-state index contributed by atoms with van der Waals surface area (Å²) in [6.07, 6.45) is 13.1. The van der Waals surface area contributed by atoms with Crippen LogP contribution in [0.3, 0.4) is 0 Å². The number of rotatable bonds is 6. The van der Waals surface area contributed by atoms with Gasteiger partial charge in [0.1, 0.15) is 9.75 Å². The summed E-state index contributed by atoms with van der Waals surface area (Å²) in [5.74, 6) is 4.65. The third-order valence-corrected chi connectivity index (χ3v) is 13.0. The molecule has 0 radical (unpaired) electrons. The third-order valence-electron chi connectivity index (χ3n) is 11.3. The van der Waals surface area contributed by atoms with Crippen molar-refractivity contribution in [2.45, 2.75) is 113 Å². The van der Waals surface area contributed by atoms with Gasteiger partial charge < -0.3 is 10.4 Å². The summed E-state index contributed by atoms with van der Waals surface area (Å²) < 4.78 is 0. The number of azo groups is 1. The molecule has 32 heavy (non-hydrogen) atoms. The van der Waals surface area contributed by atoms with Crippen LogP contribution >= 0.6 is 23.2 Å². The topological polar surface area (TPSA) is 52.1 Å². The monoisotopic (exact) mass is 482 g/mol. The Kier molecular flexibility index (Phi) is 5.31. The smallest absolute Gasteiger partial charge is 0.248 e. The van der Waals surface area contributed by atoms with Crippen LogP contribution in [0.1, 0.15) is 90.9 Å². The van der Waals surface area contributed by atoms with Crippen LogP contribution in [-0.2, 0) is 0 Å². The summed E-state index contributed by atoms with van der Waals surface area (Å²) >= 11 is 15.0. The Labute approximate surface area is 203 Å². The molecule has 0 saturated heterocycles. The van der Waals surface area contributed by atoms with Gasteiger partial charge >= 0.3 is 0 Å². The Balaban J connectivity index is 1.34. The first kappa shape index (κ1) is 22.3. The minimum Gasteiger partial charge on any atom is -0.567 e. The van der Waals surface area contributed by atoms with Gasteiger partial charge in [-0.1, -0.05) is 13.8 Å². The molecule has 0 aromatic rings. The molecule has 8 aliphatic rings. The highest BCUT2D eigenvalue weighted by atomic mass is 35.5. The summed E-state index contributed by atoms with van der Waals surface area (Å²) in [5.41, 5.74) is 0. The predicted molar refractivity (Wildman–Crippen MR) is 127 cm³/mol. The van der Waals surface area contributed by atoms with Gasteiger partial charge in [0.15, 0.2) is 0 Å². The molecule has 2 atom stereocenters. The molecule has 0 aromatic carbocycles. The number of alkyl halides is 2. The second kappa shape index (κ2) is 7.64. The third kappa shape index (κ3) is 2.93. The molecule has 180 valence electrons. The second-order valence-corrected chi connectivity index (χ2v) is 14.0. The fraction of sp³-hybridized carbons (Fsp3) is 1.00. The van der Waals surface area contributed by atoms with Crippen molar-refractivity contribution in [3.8, 4) is 0 Å². The Morgan fingerprint density at radius 1 is 0.594 bits per heavy atom. The van der Waals surface area contributed by atoms with Gasteiger partial charge in [0.2, 0.25) is 12.1 Å². The number of hydroxylamine groups is 2. The van der Waals surface area contributed by atoms with E-state index in [-0.39, 0.29) is 0 Å². The zero-order valence-corrected chi connectivity index (χ0v) is 21.2. The van der Waals surface area contributed by atoms with Crippen molar-refractivity contribution in [3.05, 3.63) is 10.4 Å².